The van der Waals surface area contributed by atoms with Gasteiger partial charge >= 0.3 is 0 Å². The SMILES string of the molecule is COc1ccc(CCN(C)C(=O)c2ccc(OC)c(S(=O)(=O)NC(C)C)c2)cc1OC. The first-order valence-corrected chi connectivity index (χ1v) is 11.3. The molecular formula is C22H30N2O6S. The number of carbonyl (C=O) groups is 1. The fraction of sp³-hybridized carbons (Fsp3) is 0.409. The maximum Gasteiger partial charge on any atom is 0.253 e. The summed E-state index contributed by atoms with van der Waals surface area (Å²) in [7, 11) is 2.38. The Bertz CT molecular complexity index is 1020. The molecule has 2 aromatic rings. The van der Waals surface area contributed by atoms with E-state index < -0.39 is 10.0 Å². The number of ether oxygens (including phenoxy) is 3. The van der Waals surface area contributed by atoms with Gasteiger partial charge in [-0.2, -0.15) is 0 Å². The van der Waals surface area contributed by atoms with Crippen molar-refractivity contribution in [3.8, 4) is 17.2 Å². The van der Waals surface area contributed by atoms with Gasteiger partial charge in [0.2, 0.25) is 10.0 Å². The lowest BCUT2D eigenvalue weighted by atomic mass is 10.1. The highest BCUT2D eigenvalue weighted by molar-refractivity contribution is 7.89. The number of benzene rings is 2. The maximum absolute atomic E-state index is 12.9. The van der Waals surface area contributed by atoms with Crippen molar-refractivity contribution in [1.82, 2.24) is 9.62 Å². The Labute approximate surface area is 184 Å². The van der Waals surface area contributed by atoms with Crippen LogP contribution in [0.1, 0.15) is 29.8 Å². The molecule has 0 bridgehead atoms. The fourth-order valence-electron chi connectivity index (χ4n) is 3.05. The van der Waals surface area contributed by atoms with E-state index in [-0.39, 0.29) is 28.2 Å². The van der Waals surface area contributed by atoms with Crippen molar-refractivity contribution >= 4 is 15.9 Å². The predicted octanol–water partition coefficient (Wildman–Crippen LogP) is 2.71. The molecule has 0 aliphatic carbocycles. The maximum atomic E-state index is 12.9. The molecule has 0 fully saturated rings. The topological polar surface area (TPSA) is 94.2 Å². The molecule has 1 N–H and O–H groups in total. The van der Waals surface area contributed by atoms with E-state index in [2.05, 4.69) is 4.72 Å². The summed E-state index contributed by atoms with van der Waals surface area (Å²) >= 11 is 0. The Balaban J connectivity index is 2.20. The van der Waals surface area contributed by atoms with E-state index in [1.165, 1.54) is 19.2 Å². The molecule has 0 aliphatic heterocycles. The third-order valence-corrected chi connectivity index (χ3v) is 6.30. The van der Waals surface area contributed by atoms with Crippen molar-refractivity contribution in [2.75, 3.05) is 34.9 Å². The molecule has 0 heterocycles. The van der Waals surface area contributed by atoms with Crippen LogP contribution in [0.2, 0.25) is 0 Å². The number of nitrogens with zero attached hydrogens (tertiary/aromatic N) is 1. The zero-order valence-electron chi connectivity index (χ0n) is 18.8. The van der Waals surface area contributed by atoms with Crippen LogP contribution in [0.3, 0.4) is 0 Å². The second-order valence-electron chi connectivity index (χ2n) is 7.31. The minimum Gasteiger partial charge on any atom is -0.495 e. The fourth-order valence-corrected chi connectivity index (χ4v) is 4.49. The van der Waals surface area contributed by atoms with Crippen molar-refractivity contribution in [3.05, 3.63) is 47.5 Å². The molecule has 0 aromatic heterocycles. The lowest BCUT2D eigenvalue weighted by Gasteiger charge is -2.19. The molecule has 1 amide bonds. The van der Waals surface area contributed by atoms with Crippen LogP contribution in [0.4, 0.5) is 0 Å². The largest absolute Gasteiger partial charge is 0.495 e. The first-order valence-electron chi connectivity index (χ1n) is 9.79. The van der Waals surface area contributed by atoms with Gasteiger partial charge in [0.15, 0.2) is 11.5 Å². The highest BCUT2D eigenvalue weighted by Crippen LogP contribution is 2.28. The van der Waals surface area contributed by atoms with Gasteiger partial charge in [-0.15, -0.1) is 0 Å². The van der Waals surface area contributed by atoms with Gasteiger partial charge in [0.1, 0.15) is 10.6 Å². The van der Waals surface area contributed by atoms with Gasteiger partial charge in [-0.1, -0.05) is 6.07 Å². The zero-order valence-corrected chi connectivity index (χ0v) is 19.6. The quantitative estimate of drug-likeness (QED) is 0.598. The number of hydrogen-bond acceptors (Lipinski definition) is 6. The number of hydrogen-bond donors (Lipinski definition) is 1. The van der Waals surface area contributed by atoms with Gasteiger partial charge in [-0.25, -0.2) is 13.1 Å². The molecule has 0 spiro atoms. The summed E-state index contributed by atoms with van der Waals surface area (Å²) in [6, 6.07) is 9.70. The lowest BCUT2D eigenvalue weighted by molar-refractivity contribution is 0.0796. The number of sulfonamides is 1. The van der Waals surface area contributed by atoms with Crippen molar-refractivity contribution in [2.45, 2.75) is 31.2 Å². The molecule has 31 heavy (non-hydrogen) atoms. The predicted molar refractivity (Wildman–Crippen MR) is 119 cm³/mol. The summed E-state index contributed by atoms with van der Waals surface area (Å²) in [5, 5.41) is 0. The van der Waals surface area contributed by atoms with Crippen LogP contribution in [-0.2, 0) is 16.4 Å². The van der Waals surface area contributed by atoms with E-state index >= 15 is 0 Å². The van der Waals surface area contributed by atoms with Gasteiger partial charge < -0.3 is 19.1 Å². The molecule has 0 unspecified atom stereocenters. The summed E-state index contributed by atoms with van der Waals surface area (Å²) < 4.78 is 43.6. The monoisotopic (exact) mass is 450 g/mol. The summed E-state index contributed by atoms with van der Waals surface area (Å²) in [5.41, 5.74) is 1.25. The number of nitrogens with one attached hydrogen (secondary N) is 1. The van der Waals surface area contributed by atoms with Crippen LogP contribution in [0.25, 0.3) is 0 Å². The summed E-state index contributed by atoms with van der Waals surface area (Å²) in [5.74, 6) is 1.15. The smallest absolute Gasteiger partial charge is 0.253 e. The van der Waals surface area contributed by atoms with E-state index in [9.17, 15) is 13.2 Å². The highest BCUT2D eigenvalue weighted by Gasteiger charge is 2.23. The van der Waals surface area contributed by atoms with Crippen LogP contribution < -0.4 is 18.9 Å². The first kappa shape index (κ1) is 24.5. The van der Waals surface area contributed by atoms with Gasteiger partial charge in [0, 0.05) is 25.2 Å². The molecular weight excluding hydrogens is 420 g/mol. The molecule has 0 atom stereocenters. The average molecular weight is 451 g/mol. The van der Waals surface area contributed by atoms with Gasteiger partial charge in [0.05, 0.1) is 21.3 Å². The number of carbonyl (C=O) groups excluding carboxylic acids is 1. The van der Waals surface area contributed by atoms with Crippen molar-refractivity contribution in [1.29, 1.82) is 0 Å². The zero-order chi connectivity index (χ0) is 23.2. The second kappa shape index (κ2) is 10.5. The number of methoxy groups -OCH3 is 3. The Hall–Kier alpha value is -2.78. The molecule has 0 radical (unpaired) electrons. The third-order valence-electron chi connectivity index (χ3n) is 4.62. The number of likely N-dealkylation sites (N-methyl/N-ethyl adjacent to an activating group) is 1. The van der Waals surface area contributed by atoms with Crippen molar-refractivity contribution in [2.24, 2.45) is 0 Å². The number of amides is 1. The minimum absolute atomic E-state index is 0.0668. The van der Waals surface area contributed by atoms with E-state index in [1.54, 1.807) is 46.1 Å². The normalized spacial score (nSPS) is 11.3. The van der Waals surface area contributed by atoms with Crippen LogP contribution in [0, 0.1) is 0 Å². The minimum atomic E-state index is -3.83. The Morgan fingerprint density at radius 3 is 2.16 bits per heavy atom. The van der Waals surface area contributed by atoms with Gasteiger partial charge in [-0.3, -0.25) is 4.79 Å². The van der Waals surface area contributed by atoms with Crippen LogP contribution in [-0.4, -0.2) is 60.2 Å². The Morgan fingerprint density at radius 1 is 0.968 bits per heavy atom. The van der Waals surface area contributed by atoms with Crippen LogP contribution >= 0.6 is 0 Å². The molecule has 0 aliphatic rings. The van der Waals surface area contributed by atoms with E-state index in [0.717, 1.165) is 5.56 Å². The third kappa shape index (κ3) is 6.11. The van der Waals surface area contributed by atoms with Crippen molar-refractivity contribution < 1.29 is 27.4 Å². The molecule has 9 heteroatoms. The number of rotatable bonds is 10. The standard InChI is InChI=1S/C22H30N2O6S/c1-15(2)23-31(26,27)21-14-17(8-10-19(21)29-5)22(25)24(3)12-11-16-7-9-18(28-4)20(13-16)30-6/h7-10,13-15,23H,11-12H2,1-6H3. The van der Waals surface area contributed by atoms with E-state index in [1.807, 2.05) is 18.2 Å². The highest BCUT2D eigenvalue weighted by atomic mass is 32.2. The molecule has 0 saturated heterocycles. The van der Waals surface area contributed by atoms with E-state index in [0.29, 0.717) is 24.5 Å². The lowest BCUT2D eigenvalue weighted by Crippen LogP contribution is -2.31. The summed E-state index contributed by atoms with van der Waals surface area (Å²) in [6.07, 6.45) is 0.596. The van der Waals surface area contributed by atoms with Crippen molar-refractivity contribution in [3.63, 3.8) is 0 Å². The Morgan fingerprint density at radius 2 is 1.58 bits per heavy atom. The van der Waals surface area contributed by atoms with E-state index in [4.69, 9.17) is 14.2 Å². The first-order chi connectivity index (χ1) is 14.6. The summed E-state index contributed by atoms with van der Waals surface area (Å²) in [4.78, 5) is 14.4. The second-order valence-corrected chi connectivity index (χ2v) is 8.99. The van der Waals surface area contributed by atoms with Gasteiger partial charge in [0.25, 0.3) is 5.91 Å². The molecule has 2 aromatic carbocycles. The molecule has 0 saturated carbocycles. The molecule has 8 nitrogen and oxygen atoms in total. The van der Waals surface area contributed by atoms with Crippen LogP contribution in [0.15, 0.2) is 41.3 Å². The molecule has 170 valence electrons. The van der Waals surface area contributed by atoms with Gasteiger partial charge in [-0.05, 0) is 56.2 Å². The molecule has 2 rings (SSSR count). The Kier molecular flexibility index (Phi) is 8.29. The summed E-state index contributed by atoms with van der Waals surface area (Å²) in [6.45, 7) is 3.88. The average Bonchev–Trinajstić information content (AvgIpc) is 2.75. The van der Waals surface area contributed by atoms with Crippen LogP contribution in [0.5, 0.6) is 17.2 Å².